The molecule has 1 unspecified atom stereocenters. The van der Waals surface area contributed by atoms with Gasteiger partial charge in [0, 0.05) is 6.04 Å². The molecule has 0 aromatic heterocycles. The summed E-state index contributed by atoms with van der Waals surface area (Å²) in [6.07, 6.45) is 0.829. The van der Waals surface area contributed by atoms with Gasteiger partial charge in [-0.15, -0.1) is 0 Å². The molecule has 3 nitrogen and oxygen atoms in total. The molecule has 3 N–H and O–H groups in total. The van der Waals surface area contributed by atoms with Gasteiger partial charge in [0.25, 0.3) is 0 Å². The summed E-state index contributed by atoms with van der Waals surface area (Å²) >= 11 is 0. The first kappa shape index (κ1) is 15.7. The number of carbonyl (C=O) groups excluding carboxylic acids is 1. The number of nitrogens with one attached hydrogen (secondary N) is 1. The zero-order valence-corrected chi connectivity index (χ0v) is 12.7. The molecule has 0 aliphatic heterocycles. The highest BCUT2D eigenvalue weighted by atomic mass is 16.2. The van der Waals surface area contributed by atoms with E-state index in [4.69, 9.17) is 5.73 Å². The lowest BCUT2D eigenvalue weighted by molar-refractivity contribution is -0.125. The van der Waals surface area contributed by atoms with E-state index in [0.29, 0.717) is 0 Å². The molecule has 0 aliphatic rings. The molecule has 106 valence electrons. The van der Waals surface area contributed by atoms with Crippen molar-refractivity contribution in [3.8, 4) is 0 Å². The van der Waals surface area contributed by atoms with E-state index >= 15 is 0 Å². The van der Waals surface area contributed by atoms with Gasteiger partial charge in [-0.2, -0.15) is 0 Å². The molecule has 19 heavy (non-hydrogen) atoms. The van der Waals surface area contributed by atoms with Crippen molar-refractivity contribution in [2.75, 3.05) is 0 Å². The molecule has 2 atom stereocenters. The fraction of sp³-hybridized carbons (Fsp3) is 0.562. The molecule has 0 spiro atoms. The summed E-state index contributed by atoms with van der Waals surface area (Å²) in [6.45, 7) is 10.0. The van der Waals surface area contributed by atoms with Gasteiger partial charge in [0.15, 0.2) is 0 Å². The fourth-order valence-corrected chi connectivity index (χ4v) is 1.95. The van der Waals surface area contributed by atoms with E-state index in [2.05, 4.69) is 24.4 Å². The number of hydrogen-bond donors (Lipinski definition) is 2. The third-order valence-electron chi connectivity index (χ3n) is 3.39. The third kappa shape index (κ3) is 4.67. The normalized spacial score (nSPS) is 14.8. The van der Waals surface area contributed by atoms with Gasteiger partial charge in [-0.3, -0.25) is 4.79 Å². The summed E-state index contributed by atoms with van der Waals surface area (Å²) in [6, 6.07) is 7.84. The highest BCUT2D eigenvalue weighted by molar-refractivity contribution is 5.82. The number of carbonyl (C=O) groups is 1. The number of hydrogen-bond acceptors (Lipinski definition) is 2. The first-order valence-corrected chi connectivity index (χ1v) is 6.82. The molecule has 0 bridgehead atoms. The molecule has 0 saturated carbocycles. The maximum Gasteiger partial charge on any atom is 0.237 e. The van der Waals surface area contributed by atoms with Crippen LogP contribution in [-0.2, 0) is 11.2 Å². The highest BCUT2D eigenvalue weighted by Crippen LogP contribution is 2.17. The van der Waals surface area contributed by atoms with Crippen molar-refractivity contribution in [1.82, 2.24) is 5.32 Å². The van der Waals surface area contributed by atoms with Crippen LogP contribution in [0, 0.1) is 12.3 Å². The smallest absolute Gasteiger partial charge is 0.237 e. The Labute approximate surface area is 116 Å². The van der Waals surface area contributed by atoms with Gasteiger partial charge in [0.1, 0.15) is 0 Å². The largest absolute Gasteiger partial charge is 0.352 e. The zero-order valence-electron chi connectivity index (χ0n) is 12.7. The maximum absolute atomic E-state index is 12.0. The first-order valence-electron chi connectivity index (χ1n) is 6.82. The van der Waals surface area contributed by atoms with E-state index in [1.807, 2.05) is 39.8 Å². The lowest BCUT2D eigenvalue weighted by atomic mass is 9.86. The van der Waals surface area contributed by atoms with Crippen LogP contribution in [0.3, 0.4) is 0 Å². The third-order valence-corrected chi connectivity index (χ3v) is 3.39. The molecule has 0 fully saturated rings. The Morgan fingerprint density at radius 1 is 1.32 bits per heavy atom. The Morgan fingerprint density at radius 3 is 2.42 bits per heavy atom. The predicted octanol–water partition coefficient (Wildman–Crippen LogP) is 2.42. The summed E-state index contributed by atoms with van der Waals surface area (Å²) in [5.74, 6) is -0.0754. The SMILES string of the molecule is Cc1ccccc1CC(C)NC(=O)[C@@H](N)C(C)(C)C. The van der Waals surface area contributed by atoms with Crippen LogP contribution in [0.1, 0.15) is 38.8 Å². The van der Waals surface area contributed by atoms with Gasteiger partial charge in [-0.25, -0.2) is 0 Å². The Morgan fingerprint density at radius 2 is 1.89 bits per heavy atom. The van der Waals surface area contributed by atoms with Crippen molar-refractivity contribution in [2.45, 2.75) is 53.1 Å². The highest BCUT2D eigenvalue weighted by Gasteiger charge is 2.28. The molecule has 1 amide bonds. The van der Waals surface area contributed by atoms with Crippen LogP contribution < -0.4 is 11.1 Å². The topological polar surface area (TPSA) is 55.1 Å². The standard InChI is InChI=1S/C16H26N2O/c1-11-8-6-7-9-13(11)10-12(2)18-15(19)14(17)16(3,4)5/h6-9,12,14H,10,17H2,1-5H3,(H,18,19)/t12?,14-/m1/s1. The first-order chi connectivity index (χ1) is 8.71. The van der Waals surface area contributed by atoms with Gasteiger partial charge < -0.3 is 11.1 Å². The van der Waals surface area contributed by atoms with Crippen LogP contribution in [0.15, 0.2) is 24.3 Å². The van der Waals surface area contributed by atoms with Crippen LogP contribution in [0.2, 0.25) is 0 Å². The van der Waals surface area contributed by atoms with Crippen molar-refractivity contribution in [2.24, 2.45) is 11.1 Å². The minimum atomic E-state index is -0.480. The van der Waals surface area contributed by atoms with Crippen LogP contribution in [0.5, 0.6) is 0 Å². The summed E-state index contributed by atoms with van der Waals surface area (Å²) < 4.78 is 0. The fourth-order valence-electron chi connectivity index (χ4n) is 1.95. The molecule has 1 aromatic carbocycles. The van der Waals surface area contributed by atoms with E-state index in [9.17, 15) is 4.79 Å². The summed E-state index contributed by atoms with van der Waals surface area (Å²) in [7, 11) is 0. The van der Waals surface area contributed by atoms with Gasteiger partial charge in [-0.05, 0) is 36.8 Å². The number of amides is 1. The van der Waals surface area contributed by atoms with Crippen LogP contribution in [0.4, 0.5) is 0 Å². The van der Waals surface area contributed by atoms with Gasteiger partial charge >= 0.3 is 0 Å². The van der Waals surface area contributed by atoms with E-state index in [0.717, 1.165) is 6.42 Å². The molecule has 0 radical (unpaired) electrons. The summed E-state index contributed by atoms with van der Waals surface area (Å²) in [5, 5.41) is 3.00. The molecular formula is C16H26N2O. The molecule has 1 rings (SSSR count). The summed E-state index contributed by atoms with van der Waals surface area (Å²) in [4.78, 5) is 12.0. The number of benzene rings is 1. The van der Waals surface area contributed by atoms with Crippen molar-refractivity contribution in [3.05, 3.63) is 35.4 Å². The Hall–Kier alpha value is -1.35. The van der Waals surface area contributed by atoms with Crippen LogP contribution in [0.25, 0.3) is 0 Å². The second-order valence-corrected chi connectivity index (χ2v) is 6.38. The summed E-state index contributed by atoms with van der Waals surface area (Å²) in [5.41, 5.74) is 8.25. The minimum absolute atomic E-state index is 0.0754. The molecular weight excluding hydrogens is 236 g/mol. The molecule has 3 heteroatoms. The van der Waals surface area contributed by atoms with Crippen molar-refractivity contribution in [1.29, 1.82) is 0 Å². The van der Waals surface area contributed by atoms with Crippen LogP contribution >= 0.6 is 0 Å². The quantitative estimate of drug-likeness (QED) is 0.875. The zero-order chi connectivity index (χ0) is 14.6. The maximum atomic E-state index is 12.0. The van der Waals surface area contributed by atoms with Crippen molar-refractivity contribution < 1.29 is 4.79 Å². The monoisotopic (exact) mass is 262 g/mol. The lowest BCUT2D eigenvalue weighted by Gasteiger charge is -2.27. The van der Waals surface area contributed by atoms with Gasteiger partial charge in [-0.1, -0.05) is 45.0 Å². The average molecular weight is 262 g/mol. The lowest BCUT2D eigenvalue weighted by Crippen LogP contribution is -2.51. The number of aryl methyl sites for hydroxylation is 1. The number of nitrogens with two attached hydrogens (primary N) is 1. The van der Waals surface area contributed by atoms with Crippen LogP contribution in [-0.4, -0.2) is 18.0 Å². The van der Waals surface area contributed by atoms with E-state index < -0.39 is 6.04 Å². The Bertz CT molecular complexity index is 435. The predicted molar refractivity (Wildman–Crippen MR) is 79.9 cm³/mol. The Kier molecular flexibility index (Phi) is 5.12. The second-order valence-electron chi connectivity index (χ2n) is 6.38. The van der Waals surface area contributed by atoms with Gasteiger partial charge in [0.2, 0.25) is 5.91 Å². The van der Waals surface area contributed by atoms with Crippen molar-refractivity contribution >= 4 is 5.91 Å². The number of rotatable bonds is 4. The van der Waals surface area contributed by atoms with E-state index in [-0.39, 0.29) is 17.4 Å². The Balaban J connectivity index is 2.59. The molecule has 0 heterocycles. The second kappa shape index (κ2) is 6.20. The van der Waals surface area contributed by atoms with E-state index in [1.165, 1.54) is 11.1 Å². The average Bonchev–Trinajstić information content (AvgIpc) is 2.29. The molecule has 0 saturated heterocycles. The van der Waals surface area contributed by atoms with Gasteiger partial charge in [0.05, 0.1) is 6.04 Å². The molecule has 0 aliphatic carbocycles. The minimum Gasteiger partial charge on any atom is -0.352 e. The molecule has 1 aromatic rings. The van der Waals surface area contributed by atoms with E-state index in [1.54, 1.807) is 0 Å². The van der Waals surface area contributed by atoms with Crippen molar-refractivity contribution in [3.63, 3.8) is 0 Å².